The van der Waals surface area contributed by atoms with Crippen molar-refractivity contribution in [3.63, 3.8) is 0 Å². The van der Waals surface area contributed by atoms with Gasteiger partial charge in [0.1, 0.15) is 12.0 Å². The first-order chi connectivity index (χ1) is 6.40. The summed E-state index contributed by atoms with van der Waals surface area (Å²) >= 11 is 0. The third-order valence-corrected chi connectivity index (χ3v) is 1.85. The molecule has 1 aromatic rings. The van der Waals surface area contributed by atoms with Crippen molar-refractivity contribution in [2.75, 3.05) is 13.9 Å². The zero-order chi connectivity index (χ0) is 9.10. The lowest BCUT2D eigenvalue weighted by molar-refractivity contribution is 0.100. The highest BCUT2D eigenvalue weighted by Crippen LogP contribution is 2.22. The lowest BCUT2D eigenvalue weighted by Crippen LogP contribution is -1.87. The molecule has 0 unspecified atom stereocenters. The van der Waals surface area contributed by atoms with Gasteiger partial charge in [-0.2, -0.15) is 0 Å². The molecular formula is C10H10O3. The number of rotatable bonds is 2. The molecule has 0 radical (unpaired) electrons. The molecule has 0 N–H and O–H groups in total. The minimum atomic E-state index is 0.307. The number of ether oxygens (including phenoxy) is 3. The van der Waals surface area contributed by atoms with Gasteiger partial charge in [-0.3, -0.25) is 0 Å². The third kappa shape index (κ3) is 1.59. The number of hydrogen-bond donors (Lipinski definition) is 0. The van der Waals surface area contributed by atoms with Crippen LogP contribution in [0.1, 0.15) is 5.56 Å². The van der Waals surface area contributed by atoms with Gasteiger partial charge in [0.15, 0.2) is 5.76 Å². The van der Waals surface area contributed by atoms with E-state index in [9.17, 15) is 0 Å². The van der Waals surface area contributed by atoms with Gasteiger partial charge < -0.3 is 14.2 Å². The molecule has 0 fully saturated rings. The van der Waals surface area contributed by atoms with Crippen LogP contribution in [0.5, 0.6) is 5.75 Å². The molecule has 13 heavy (non-hydrogen) atoms. The monoisotopic (exact) mass is 178 g/mol. The van der Waals surface area contributed by atoms with E-state index >= 15 is 0 Å². The van der Waals surface area contributed by atoms with Crippen LogP contribution in [-0.2, 0) is 9.47 Å². The molecule has 0 atom stereocenters. The maximum Gasteiger partial charge on any atom is 0.230 e. The molecule has 0 saturated carbocycles. The fourth-order valence-electron chi connectivity index (χ4n) is 1.15. The Kier molecular flexibility index (Phi) is 2.08. The third-order valence-electron chi connectivity index (χ3n) is 1.85. The predicted molar refractivity (Wildman–Crippen MR) is 48.0 cm³/mol. The summed E-state index contributed by atoms with van der Waals surface area (Å²) in [6.07, 6.45) is 1.61. The quantitative estimate of drug-likeness (QED) is 0.693. The standard InChI is InChI=1S/C10H10O3/c1-11-9-4-2-8(3-5-9)10-6-12-7-13-10/h2-6H,7H2,1H3. The van der Waals surface area contributed by atoms with Crippen LogP contribution in [-0.4, -0.2) is 13.9 Å². The van der Waals surface area contributed by atoms with Gasteiger partial charge >= 0.3 is 0 Å². The van der Waals surface area contributed by atoms with E-state index in [1.165, 1.54) is 0 Å². The average molecular weight is 178 g/mol. The van der Waals surface area contributed by atoms with Crippen LogP contribution in [0.2, 0.25) is 0 Å². The maximum absolute atomic E-state index is 5.21. The van der Waals surface area contributed by atoms with Crippen LogP contribution in [0.3, 0.4) is 0 Å². The summed E-state index contributed by atoms with van der Waals surface area (Å²) in [5.41, 5.74) is 0.998. The van der Waals surface area contributed by atoms with Crippen LogP contribution < -0.4 is 4.74 Å². The Bertz CT molecular complexity index is 313. The highest BCUT2D eigenvalue weighted by atomic mass is 16.7. The first-order valence-corrected chi connectivity index (χ1v) is 3.99. The second-order valence-corrected chi connectivity index (χ2v) is 2.64. The van der Waals surface area contributed by atoms with Crippen molar-refractivity contribution in [1.82, 2.24) is 0 Å². The Hall–Kier alpha value is -1.64. The summed E-state index contributed by atoms with van der Waals surface area (Å²) in [6.45, 7) is 0.307. The fraction of sp³-hybridized carbons (Fsp3) is 0.200. The lowest BCUT2D eigenvalue weighted by atomic mass is 10.2. The van der Waals surface area contributed by atoms with Crippen LogP contribution in [0.15, 0.2) is 30.5 Å². The Morgan fingerprint density at radius 1 is 1.23 bits per heavy atom. The van der Waals surface area contributed by atoms with E-state index < -0.39 is 0 Å². The van der Waals surface area contributed by atoms with Crippen molar-refractivity contribution in [1.29, 1.82) is 0 Å². The van der Waals surface area contributed by atoms with E-state index in [-0.39, 0.29) is 0 Å². The van der Waals surface area contributed by atoms with Gasteiger partial charge in [0.2, 0.25) is 6.79 Å². The lowest BCUT2D eigenvalue weighted by Gasteiger charge is -2.02. The van der Waals surface area contributed by atoms with Crippen LogP contribution in [0.25, 0.3) is 5.76 Å². The zero-order valence-corrected chi connectivity index (χ0v) is 7.32. The Labute approximate surface area is 76.5 Å². The summed E-state index contributed by atoms with van der Waals surface area (Å²) in [5.74, 6) is 1.60. The van der Waals surface area contributed by atoms with Gasteiger partial charge in [-0.15, -0.1) is 0 Å². The summed E-state index contributed by atoms with van der Waals surface area (Å²) in [7, 11) is 1.64. The highest BCUT2D eigenvalue weighted by molar-refractivity contribution is 5.60. The van der Waals surface area contributed by atoms with Crippen molar-refractivity contribution < 1.29 is 14.2 Å². The molecule has 0 amide bonds. The first-order valence-electron chi connectivity index (χ1n) is 3.99. The van der Waals surface area contributed by atoms with Crippen molar-refractivity contribution in [2.45, 2.75) is 0 Å². The van der Waals surface area contributed by atoms with E-state index in [1.54, 1.807) is 13.4 Å². The maximum atomic E-state index is 5.21. The smallest absolute Gasteiger partial charge is 0.230 e. The molecule has 1 heterocycles. The predicted octanol–water partition coefficient (Wildman–Crippen LogP) is 2.00. The van der Waals surface area contributed by atoms with E-state index in [0.717, 1.165) is 17.1 Å². The van der Waals surface area contributed by atoms with Gasteiger partial charge in [0.05, 0.1) is 7.11 Å². The Morgan fingerprint density at radius 2 is 2.00 bits per heavy atom. The molecule has 0 aromatic heterocycles. The minimum absolute atomic E-state index is 0.307. The molecule has 3 nitrogen and oxygen atoms in total. The van der Waals surface area contributed by atoms with Gasteiger partial charge in [-0.1, -0.05) is 0 Å². The molecule has 0 aliphatic carbocycles. The molecule has 2 rings (SSSR count). The van der Waals surface area contributed by atoms with Gasteiger partial charge in [-0.25, -0.2) is 0 Å². The molecule has 3 heteroatoms. The van der Waals surface area contributed by atoms with Crippen molar-refractivity contribution in [2.24, 2.45) is 0 Å². The summed E-state index contributed by atoms with van der Waals surface area (Å²) in [6, 6.07) is 7.63. The number of benzene rings is 1. The van der Waals surface area contributed by atoms with Gasteiger partial charge in [0, 0.05) is 5.56 Å². The molecule has 0 saturated heterocycles. The molecular weight excluding hydrogens is 168 g/mol. The first kappa shape index (κ1) is 7.98. The van der Waals surface area contributed by atoms with Crippen LogP contribution in [0.4, 0.5) is 0 Å². The topological polar surface area (TPSA) is 27.7 Å². The summed E-state index contributed by atoms with van der Waals surface area (Å²) < 4.78 is 15.2. The number of hydrogen-bond acceptors (Lipinski definition) is 3. The Balaban J connectivity index is 2.22. The van der Waals surface area contributed by atoms with Crippen LogP contribution >= 0.6 is 0 Å². The molecule has 1 aliphatic heterocycles. The van der Waals surface area contributed by atoms with Crippen molar-refractivity contribution in [3.05, 3.63) is 36.1 Å². The molecule has 1 aromatic carbocycles. The van der Waals surface area contributed by atoms with Gasteiger partial charge in [-0.05, 0) is 24.3 Å². The van der Waals surface area contributed by atoms with E-state index in [0.29, 0.717) is 6.79 Å². The van der Waals surface area contributed by atoms with E-state index in [1.807, 2.05) is 24.3 Å². The number of methoxy groups -OCH3 is 1. The van der Waals surface area contributed by atoms with Gasteiger partial charge in [0.25, 0.3) is 0 Å². The molecule has 1 aliphatic rings. The molecule has 0 bridgehead atoms. The van der Waals surface area contributed by atoms with E-state index in [4.69, 9.17) is 14.2 Å². The minimum Gasteiger partial charge on any atom is -0.497 e. The zero-order valence-electron chi connectivity index (χ0n) is 7.32. The van der Waals surface area contributed by atoms with E-state index in [2.05, 4.69) is 0 Å². The molecule has 68 valence electrons. The fourth-order valence-corrected chi connectivity index (χ4v) is 1.15. The molecule has 0 spiro atoms. The second kappa shape index (κ2) is 3.39. The normalized spacial score (nSPS) is 14.4. The average Bonchev–Trinajstić information content (AvgIpc) is 2.71. The second-order valence-electron chi connectivity index (χ2n) is 2.64. The van der Waals surface area contributed by atoms with Crippen LogP contribution in [0, 0.1) is 0 Å². The van der Waals surface area contributed by atoms with Crippen molar-refractivity contribution in [3.8, 4) is 5.75 Å². The highest BCUT2D eigenvalue weighted by Gasteiger charge is 2.08. The Morgan fingerprint density at radius 3 is 2.54 bits per heavy atom. The van der Waals surface area contributed by atoms with Crippen molar-refractivity contribution >= 4 is 5.76 Å². The summed E-state index contributed by atoms with van der Waals surface area (Å²) in [4.78, 5) is 0. The largest absolute Gasteiger partial charge is 0.497 e. The summed E-state index contributed by atoms with van der Waals surface area (Å²) in [5, 5.41) is 0. The SMILES string of the molecule is COc1ccc(C2=COCO2)cc1.